The minimum Gasteiger partial charge on any atom is -0.497 e. The third-order valence-corrected chi connectivity index (χ3v) is 3.06. The first-order valence-electron chi connectivity index (χ1n) is 7.54. The lowest BCUT2D eigenvalue weighted by Crippen LogP contribution is -2.18. The minimum absolute atomic E-state index is 0.273. The topological polar surface area (TPSA) is 86.2 Å². The van der Waals surface area contributed by atoms with Crippen LogP contribution in [0.3, 0.4) is 0 Å². The van der Waals surface area contributed by atoms with Crippen LogP contribution in [0.15, 0.2) is 53.6 Å². The second-order valence-electron chi connectivity index (χ2n) is 4.78. The Labute approximate surface area is 145 Å². The Morgan fingerprint density at radius 1 is 1.04 bits per heavy atom. The number of hydrogen-bond donors (Lipinski definition) is 1. The number of nitrogens with zero attached hydrogens (tertiary/aromatic N) is 1. The molecule has 0 fully saturated rings. The number of amides is 1. The lowest BCUT2D eigenvalue weighted by molar-refractivity contribution is 0.0734. The summed E-state index contributed by atoms with van der Waals surface area (Å²) in [6.07, 6.45) is 0.829. The molecule has 1 amide bonds. The van der Waals surface area contributed by atoms with Crippen LogP contribution in [0.4, 0.5) is 4.79 Å². The van der Waals surface area contributed by atoms with Crippen LogP contribution >= 0.6 is 0 Å². The maximum Gasteiger partial charge on any atom is 0.427 e. The third-order valence-electron chi connectivity index (χ3n) is 3.06. The Morgan fingerprint density at radius 2 is 1.68 bits per heavy atom. The number of methoxy groups -OCH3 is 1. The van der Waals surface area contributed by atoms with Gasteiger partial charge in [0, 0.05) is 0 Å². The fourth-order valence-corrected chi connectivity index (χ4v) is 1.84. The van der Waals surface area contributed by atoms with Crippen LogP contribution in [0, 0.1) is 0 Å². The highest BCUT2D eigenvalue weighted by Crippen LogP contribution is 2.16. The van der Waals surface area contributed by atoms with E-state index in [1.165, 1.54) is 6.21 Å². The monoisotopic (exact) mass is 342 g/mol. The van der Waals surface area contributed by atoms with Gasteiger partial charge in [-0.2, -0.15) is 5.10 Å². The van der Waals surface area contributed by atoms with E-state index >= 15 is 0 Å². The molecule has 130 valence electrons. The van der Waals surface area contributed by atoms with Crippen LogP contribution in [-0.2, 0) is 4.74 Å². The first-order chi connectivity index (χ1) is 12.1. The molecule has 0 heterocycles. The molecule has 0 aliphatic carbocycles. The number of ether oxygens (including phenoxy) is 3. The molecule has 7 nitrogen and oxygen atoms in total. The van der Waals surface area contributed by atoms with E-state index in [1.807, 2.05) is 0 Å². The molecule has 0 aliphatic heterocycles. The number of benzene rings is 2. The van der Waals surface area contributed by atoms with E-state index in [-0.39, 0.29) is 6.61 Å². The van der Waals surface area contributed by atoms with Crippen LogP contribution in [-0.4, -0.2) is 32.0 Å². The van der Waals surface area contributed by atoms with Gasteiger partial charge in [0.15, 0.2) is 0 Å². The van der Waals surface area contributed by atoms with Gasteiger partial charge < -0.3 is 14.2 Å². The van der Waals surface area contributed by atoms with Gasteiger partial charge in [0.1, 0.15) is 11.5 Å². The number of nitrogens with one attached hydrogen (secondary N) is 1. The molecular weight excluding hydrogens is 324 g/mol. The first kappa shape index (κ1) is 18.0. The molecule has 0 aromatic heterocycles. The van der Waals surface area contributed by atoms with Crippen molar-refractivity contribution in [3.05, 3.63) is 59.7 Å². The van der Waals surface area contributed by atoms with Crippen molar-refractivity contribution < 1.29 is 23.8 Å². The SMILES string of the molecule is CCOC(=O)N/N=C\c1ccc(OC(=O)c2ccc(OC)cc2)cc1. The standard InChI is InChI=1S/C18H18N2O5/c1-3-24-18(22)20-19-12-13-4-8-16(9-5-13)25-17(21)14-6-10-15(23-2)11-7-14/h4-12H,3H2,1-2H3,(H,20,22)/b19-12-. The van der Waals surface area contributed by atoms with Gasteiger partial charge in [-0.1, -0.05) is 0 Å². The Balaban J connectivity index is 1.91. The summed E-state index contributed by atoms with van der Waals surface area (Å²) in [6, 6.07) is 13.3. The van der Waals surface area contributed by atoms with Crippen LogP contribution in [0.2, 0.25) is 0 Å². The van der Waals surface area contributed by atoms with Crippen molar-refractivity contribution in [2.45, 2.75) is 6.92 Å². The van der Waals surface area contributed by atoms with Crippen molar-refractivity contribution in [1.29, 1.82) is 0 Å². The van der Waals surface area contributed by atoms with Gasteiger partial charge in [0.05, 0.1) is 25.5 Å². The lowest BCUT2D eigenvalue weighted by Gasteiger charge is -2.05. The molecule has 0 saturated carbocycles. The summed E-state index contributed by atoms with van der Waals surface area (Å²) in [5.74, 6) is 0.598. The number of hydrogen-bond acceptors (Lipinski definition) is 6. The summed E-state index contributed by atoms with van der Waals surface area (Å²) in [5, 5.41) is 3.75. The Morgan fingerprint density at radius 3 is 2.28 bits per heavy atom. The van der Waals surface area contributed by atoms with E-state index in [0.717, 1.165) is 5.56 Å². The zero-order valence-electron chi connectivity index (χ0n) is 13.9. The highest BCUT2D eigenvalue weighted by molar-refractivity contribution is 5.91. The van der Waals surface area contributed by atoms with Crippen molar-refractivity contribution in [3.63, 3.8) is 0 Å². The highest BCUT2D eigenvalue weighted by atomic mass is 16.6. The number of rotatable bonds is 6. The molecule has 2 aromatic rings. The molecule has 1 N–H and O–H groups in total. The highest BCUT2D eigenvalue weighted by Gasteiger charge is 2.08. The van der Waals surface area contributed by atoms with Gasteiger partial charge in [-0.15, -0.1) is 0 Å². The minimum atomic E-state index is -0.621. The number of carbonyl (C=O) groups is 2. The average molecular weight is 342 g/mol. The first-order valence-corrected chi connectivity index (χ1v) is 7.54. The third kappa shape index (κ3) is 5.65. The number of hydrazone groups is 1. The molecule has 0 bridgehead atoms. The van der Waals surface area contributed by atoms with Crippen molar-refractivity contribution in [3.8, 4) is 11.5 Å². The summed E-state index contributed by atoms with van der Waals surface area (Å²) < 4.78 is 15.0. The zero-order valence-corrected chi connectivity index (χ0v) is 13.9. The quantitative estimate of drug-likeness (QED) is 0.377. The molecule has 0 radical (unpaired) electrons. The zero-order chi connectivity index (χ0) is 18.1. The van der Waals surface area contributed by atoms with Crippen LogP contribution in [0.1, 0.15) is 22.8 Å². The van der Waals surface area contributed by atoms with Gasteiger partial charge in [0.2, 0.25) is 0 Å². The summed E-state index contributed by atoms with van der Waals surface area (Å²) in [6.45, 7) is 1.98. The second kappa shape index (κ2) is 9.07. The maximum atomic E-state index is 12.1. The van der Waals surface area contributed by atoms with E-state index in [1.54, 1.807) is 62.6 Å². The largest absolute Gasteiger partial charge is 0.497 e. The molecule has 2 aromatic carbocycles. The number of carbonyl (C=O) groups excluding carboxylic acids is 2. The van der Waals surface area contributed by atoms with Crippen molar-refractivity contribution in [1.82, 2.24) is 5.43 Å². The summed E-state index contributed by atoms with van der Waals surface area (Å²) in [7, 11) is 1.56. The summed E-state index contributed by atoms with van der Waals surface area (Å²) in [4.78, 5) is 23.1. The predicted molar refractivity (Wildman–Crippen MR) is 92.1 cm³/mol. The molecule has 2 rings (SSSR count). The van der Waals surface area contributed by atoms with Gasteiger partial charge in [-0.25, -0.2) is 15.0 Å². The molecule has 0 spiro atoms. The van der Waals surface area contributed by atoms with Gasteiger partial charge in [-0.3, -0.25) is 0 Å². The number of esters is 1. The average Bonchev–Trinajstić information content (AvgIpc) is 2.63. The fourth-order valence-electron chi connectivity index (χ4n) is 1.84. The van der Waals surface area contributed by atoms with E-state index in [4.69, 9.17) is 9.47 Å². The molecular formula is C18H18N2O5. The fraction of sp³-hybridized carbons (Fsp3) is 0.167. The molecule has 0 unspecified atom stereocenters. The molecule has 7 heteroatoms. The van der Waals surface area contributed by atoms with Crippen molar-refractivity contribution in [2.24, 2.45) is 5.10 Å². The molecule has 0 aliphatic rings. The van der Waals surface area contributed by atoms with Crippen molar-refractivity contribution >= 4 is 18.3 Å². The predicted octanol–water partition coefficient (Wildman–Crippen LogP) is 2.99. The summed E-state index contributed by atoms with van der Waals surface area (Å²) in [5.41, 5.74) is 3.37. The Bertz CT molecular complexity index is 739. The van der Waals surface area contributed by atoms with E-state index < -0.39 is 12.1 Å². The maximum absolute atomic E-state index is 12.1. The van der Waals surface area contributed by atoms with Crippen LogP contribution < -0.4 is 14.9 Å². The van der Waals surface area contributed by atoms with E-state index in [2.05, 4.69) is 15.3 Å². The van der Waals surface area contributed by atoms with Crippen molar-refractivity contribution in [2.75, 3.05) is 13.7 Å². The molecule has 25 heavy (non-hydrogen) atoms. The van der Waals surface area contributed by atoms with Gasteiger partial charge in [0.25, 0.3) is 0 Å². The van der Waals surface area contributed by atoms with E-state index in [9.17, 15) is 9.59 Å². The normalized spacial score (nSPS) is 10.3. The van der Waals surface area contributed by atoms with Crippen LogP contribution in [0.25, 0.3) is 0 Å². The Kier molecular flexibility index (Phi) is 6.53. The molecule has 0 atom stereocenters. The van der Waals surface area contributed by atoms with Crippen LogP contribution in [0.5, 0.6) is 11.5 Å². The lowest BCUT2D eigenvalue weighted by atomic mass is 10.2. The molecule has 0 saturated heterocycles. The Hall–Kier alpha value is -3.35. The van der Waals surface area contributed by atoms with Gasteiger partial charge >= 0.3 is 12.1 Å². The van der Waals surface area contributed by atoms with Gasteiger partial charge in [-0.05, 0) is 61.0 Å². The van der Waals surface area contributed by atoms with E-state index in [0.29, 0.717) is 17.1 Å². The smallest absolute Gasteiger partial charge is 0.427 e. The second-order valence-corrected chi connectivity index (χ2v) is 4.78. The summed E-state index contributed by atoms with van der Waals surface area (Å²) >= 11 is 0.